The van der Waals surface area contributed by atoms with Gasteiger partial charge >= 0.3 is 0 Å². The number of hydrogen-bond acceptors (Lipinski definition) is 5. The quantitative estimate of drug-likeness (QED) is 0.612. The van der Waals surface area contributed by atoms with E-state index in [4.69, 9.17) is 14.7 Å². The van der Waals surface area contributed by atoms with Crippen molar-refractivity contribution in [2.75, 3.05) is 13.2 Å². The Labute approximate surface area is 99.5 Å². The number of nitrogens with zero attached hydrogens (tertiary/aromatic N) is 2. The summed E-state index contributed by atoms with van der Waals surface area (Å²) in [6.45, 7) is 2.97. The van der Waals surface area contributed by atoms with E-state index in [0.29, 0.717) is 13.2 Å². The van der Waals surface area contributed by atoms with Crippen LogP contribution in [-0.2, 0) is 9.47 Å². The zero-order valence-corrected chi connectivity index (χ0v) is 9.54. The third kappa shape index (κ3) is 1.35. The van der Waals surface area contributed by atoms with Crippen LogP contribution >= 0.6 is 0 Å². The fourth-order valence-electron chi connectivity index (χ4n) is 2.68. The molecule has 0 radical (unpaired) electrons. The Bertz CT molecular complexity index is 432. The maximum absolute atomic E-state index is 10.2. The van der Waals surface area contributed by atoms with Gasteiger partial charge in [-0.05, 0) is 13.0 Å². The van der Waals surface area contributed by atoms with Gasteiger partial charge in [-0.25, -0.2) is 0 Å². The molecule has 0 aromatic rings. The predicted octanol–water partition coefficient (Wildman–Crippen LogP) is 0.345. The SMILES string of the molecule is CC1=C[C@@H]2N(C=CC23OCCO3)[C@@H](O)[C@H]1C#N. The molecule has 5 nitrogen and oxygen atoms in total. The molecule has 0 aromatic heterocycles. The van der Waals surface area contributed by atoms with Gasteiger partial charge in [0.05, 0.1) is 19.3 Å². The highest BCUT2D eigenvalue weighted by Gasteiger charge is 2.52. The molecule has 17 heavy (non-hydrogen) atoms. The summed E-state index contributed by atoms with van der Waals surface area (Å²) in [6.07, 6.45) is 4.69. The van der Waals surface area contributed by atoms with Gasteiger partial charge in [-0.2, -0.15) is 5.26 Å². The monoisotopic (exact) mass is 234 g/mol. The molecule has 90 valence electrons. The zero-order chi connectivity index (χ0) is 12.0. The molecule has 3 aliphatic rings. The van der Waals surface area contributed by atoms with Crippen molar-refractivity contribution < 1.29 is 14.6 Å². The average Bonchev–Trinajstić information content (AvgIpc) is 2.90. The Morgan fingerprint density at radius 2 is 2.24 bits per heavy atom. The van der Waals surface area contributed by atoms with Crippen LogP contribution in [0, 0.1) is 17.2 Å². The molecular formula is C12H14N2O3. The molecule has 3 rings (SSSR count). The van der Waals surface area contributed by atoms with Crippen molar-refractivity contribution >= 4 is 0 Å². The fraction of sp³-hybridized carbons (Fsp3) is 0.583. The topological polar surface area (TPSA) is 65.7 Å². The lowest BCUT2D eigenvalue weighted by molar-refractivity contribution is -0.157. The Morgan fingerprint density at radius 1 is 1.53 bits per heavy atom. The Hall–Kier alpha value is -1.35. The summed E-state index contributed by atoms with van der Waals surface area (Å²) in [6, 6.07) is 1.94. The molecule has 0 aromatic carbocycles. The molecular weight excluding hydrogens is 220 g/mol. The van der Waals surface area contributed by atoms with Crippen molar-refractivity contribution in [3.63, 3.8) is 0 Å². The van der Waals surface area contributed by atoms with Gasteiger partial charge in [-0.1, -0.05) is 11.6 Å². The standard InChI is InChI=1S/C12H14N2O3/c1-8-6-10-12(16-4-5-17-12)2-3-14(10)11(15)9(8)7-13/h2-3,6,9-11,15H,4-5H2,1H3/t9-,10-,11-/m0/s1. The number of fused-ring (bicyclic) bond motifs is 2. The summed E-state index contributed by atoms with van der Waals surface area (Å²) in [5.74, 6) is -1.27. The minimum absolute atomic E-state index is 0.176. The van der Waals surface area contributed by atoms with Crippen LogP contribution in [0.3, 0.4) is 0 Å². The molecule has 3 heterocycles. The molecule has 5 heteroatoms. The van der Waals surface area contributed by atoms with Gasteiger partial charge in [-0.15, -0.1) is 0 Å². The van der Waals surface area contributed by atoms with Crippen LogP contribution in [0.2, 0.25) is 0 Å². The summed E-state index contributed by atoms with van der Waals surface area (Å²) in [7, 11) is 0. The second-order valence-electron chi connectivity index (χ2n) is 4.56. The van der Waals surface area contributed by atoms with Crippen molar-refractivity contribution in [2.45, 2.75) is 25.0 Å². The highest BCUT2D eigenvalue weighted by Crippen LogP contribution is 2.40. The first-order valence-corrected chi connectivity index (χ1v) is 5.69. The van der Waals surface area contributed by atoms with E-state index in [2.05, 4.69) is 6.07 Å². The van der Waals surface area contributed by atoms with Crippen LogP contribution < -0.4 is 0 Å². The van der Waals surface area contributed by atoms with Crippen molar-refractivity contribution in [3.8, 4) is 6.07 Å². The lowest BCUT2D eigenvalue weighted by Gasteiger charge is -2.40. The highest BCUT2D eigenvalue weighted by atomic mass is 16.7. The maximum atomic E-state index is 10.2. The lowest BCUT2D eigenvalue weighted by atomic mass is 9.90. The highest BCUT2D eigenvalue weighted by molar-refractivity contribution is 5.30. The van der Waals surface area contributed by atoms with Crippen LogP contribution in [-0.4, -0.2) is 41.3 Å². The normalized spacial score (nSPS) is 38.1. The first-order valence-electron chi connectivity index (χ1n) is 5.69. The van der Waals surface area contributed by atoms with Crippen molar-refractivity contribution in [1.82, 2.24) is 4.90 Å². The van der Waals surface area contributed by atoms with Crippen LogP contribution in [0.25, 0.3) is 0 Å². The van der Waals surface area contributed by atoms with E-state index < -0.39 is 17.9 Å². The van der Waals surface area contributed by atoms with Crippen LogP contribution in [0.4, 0.5) is 0 Å². The first kappa shape index (κ1) is 10.8. The third-order valence-corrected chi connectivity index (χ3v) is 3.61. The molecule has 1 spiro atoms. The molecule has 0 amide bonds. The molecule has 1 saturated heterocycles. The summed E-state index contributed by atoms with van der Waals surface area (Å²) < 4.78 is 11.3. The van der Waals surface area contributed by atoms with Crippen molar-refractivity contribution in [3.05, 3.63) is 23.9 Å². The largest absolute Gasteiger partial charge is 0.372 e. The fourth-order valence-corrected chi connectivity index (χ4v) is 2.68. The third-order valence-electron chi connectivity index (χ3n) is 3.61. The van der Waals surface area contributed by atoms with Crippen LogP contribution in [0.15, 0.2) is 23.9 Å². The van der Waals surface area contributed by atoms with Gasteiger partial charge in [0.15, 0.2) is 0 Å². The van der Waals surface area contributed by atoms with Crippen molar-refractivity contribution in [2.24, 2.45) is 5.92 Å². The van der Waals surface area contributed by atoms with Gasteiger partial charge in [0, 0.05) is 6.20 Å². The second-order valence-corrected chi connectivity index (χ2v) is 4.56. The smallest absolute Gasteiger partial charge is 0.214 e. The second kappa shape index (κ2) is 3.57. The number of aliphatic hydroxyl groups is 1. The molecule has 0 unspecified atom stereocenters. The molecule has 3 atom stereocenters. The van der Waals surface area contributed by atoms with Gasteiger partial charge in [0.1, 0.15) is 18.2 Å². The van der Waals surface area contributed by atoms with Gasteiger partial charge in [0.25, 0.3) is 0 Å². The Morgan fingerprint density at radius 3 is 2.88 bits per heavy atom. The summed E-state index contributed by atoms with van der Waals surface area (Å²) in [4.78, 5) is 1.73. The first-order chi connectivity index (χ1) is 8.18. The molecule has 3 aliphatic heterocycles. The van der Waals surface area contributed by atoms with Crippen LogP contribution in [0.1, 0.15) is 6.92 Å². The maximum Gasteiger partial charge on any atom is 0.214 e. The number of rotatable bonds is 0. The van der Waals surface area contributed by atoms with E-state index in [1.807, 2.05) is 19.1 Å². The number of hydrogen-bond donors (Lipinski definition) is 1. The Balaban J connectivity index is 1.99. The number of aliphatic hydroxyl groups excluding tert-OH is 1. The minimum atomic E-state index is -0.835. The molecule has 1 N–H and O–H groups in total. The van der Waals surface area contributed by atoms with Crippen LogP contribution in [0.5, 0.6) is 0 Å². The van der Waals surface area contributed by atoms with Gasteiger partial charge < -0.3 is 19.5 Å². The molecule has 0 saturated carbocycles. The zero-order valence-electron chi connectivity index (χ0n) is 9.54. The molecule has 1 fully saturated rings. The predicted molar refractivity (Wildman–Crippen MR) is 58.3 cm³/mol. The van der Waals surface area contributed by atoms with E-state index in [0.717, 1.165) is 5.57 Å². The van der Waals surface area contributed by atoms with E-state index in [1.165, 1.54) is 0 Å². The summed E-state index contributed by atoms with van der Waals surface area (Å²) in [5, 5.41) is 19.2. The summed E-state index contributed by atoms with van der Waals surface area (Å²) >= 11 is 0. The van der Waals surface area contributed by atoms with Gasteiger partial charge in [0.2, 0.25) is 5.79 Å². The number of nitriles is 1. The Kier molecular flexibility index (Phi) is 2.26. The molecule has 0 aliphatic carbocycles. The van der Waals surface area contributed by atoms with E-state index in [-0.39, 0.29) is 6.04 Å². The lowest BCUT2D eigenvalue weighted by Crippen LogP contribution is -2.53. The molecule has 0 bridgehead atoms. The minimum Gasteiger partial charge on any atom is -0.372 e. The van der Waals surface area contributed by atoms with Crippen molar-refractivity contribution in [1.29, 1.82) is 5.26 Å². The number of ether oxygens (including phenoxy) is 2. The van der Waals surface area contributed by atoms with E-state index >= 15 is 0 Å². The van der Waals surface area contributed by atoms with Gasteiger partial charge in [-0.3, -0.25) is 0 Å². The average molecular weight is 234 g/mol. The van der Waals surface area contributed by atoms with E-state index in [1.54, 1.807) is 11.1 Å². The summed E-state index contributed by atoms with van der Waals surface area (Å²) in [5.41, 5.74) is 0.864. The van der Waals surface area contributed by atoms with E-state index in [9.17, 15) is 5.11 Å².